The molecule has 0 unspecified atom stereocenters. The highest BCUT2D eigenvalue weighted by atomic mass is 32.2. The predicted octanol–water partition coefficient (Wildman–Crippen LogP) is 1.85. The van der Waals surface area contributed by atoms with E-state index < -0.39 is 26.7 Å². The van der Waals surface area contributed by atoms with E-state index in [0.717, 1.165) is 12.1 Å². The summed E-state index contributed by atoms with van der Waals surface area (Å²) in [6.45, 7) is 4.09. The molecule has 0 fully saturated rings. The molecule has 0 aliphatic carbocycles. The van der Waals surface area contributed by atoms with E-state index in [4.69, 9.17) is 5.11 Å². The zero-order chi connectivity index (χ0) is 14.6. The number of aromatic carboxylic acids is 1. The van der Waals surface area contributed by atoms with Crippen LogP contribution in [0.2, 0.25) is 0 Å². The van der Waals surface area contributed by atoms with E-state index in [-0.39, 0.29) is 12.1 Å². The first-order chi connectivity index (χ1) is 8.74. The third-order valence-electron chi connectivity index (χ3n) is 2.48. The van der Waals surface area contributed by atoms with Crippen LogP contribution in [-0.2, 0) is 10.0 Å². The molecule has 19 heavy (non-hydrogen) atoms. The van der Waals surface area contributed by atoms with Gasteiger partial charge < -0.3 is 5.11 Å². The van der Waals surface area contributed by atoms with Crippen LogP contribution in [0.3, 0.4) is 0 Å². The van der Waals surface area contributed by atoms with Crippen LogP contribution < -0.4 is 4.72 Å². The van der Waals surface area contributed by atoms with Crippen molar-refractivity contribution in [1.82, 2.24) is 4.72 Å². The standard InChI is InChI=1S/C12H16FNO4S/c1-8(2)5-6-14-19(17,18)11-4-3-9(12(15)16)7-10(11)13/h3-4,7-8,14H,5-6H2,1-2H3,(H,15,16). The van der Waals surface area contributed by atoms with Crippen molar-refractivity contribution in [3.8, 4) is 0 Å². The van der Waals surface area contributed by atoms with E-state index in [1.165, 1.54) is 0 Å². The first-order valence-corrected chi connectivity index (χ1v) is 7.25. The first kappa shape index (κ1) is 15.6. The molecule has 0 saturated carbocycles. The molecule has 7 heteroatoms. The Hall–Kier alpha value is -1.47. The lowest BCUT2D eigenvalue weighted by molar-refractivity contribution is 0.0696. The number of hydrogen-bond donors (Lipinski definition) is 2. The molecule has 0 aliphatic heterocycles. The highest BCUT2D eigenvalue weighted by Gasteiger charge is 2.20. The molecule has 1 rings (SSSR count). The molecule has 0 heterocycles. The molecule has 0 atom stereocenters. The fourth-order valence-electron chi connectivity index (χ4n) is 1.41. The summed E-state index contributed by atoms with van der Waals surface area (Å²) in [7, 11) is -3.95. The van der Waals surface area contributed by atoms with Gasteiger partial charge in [-0.05, 0) is 30.5 Å². The van der Waals surface area contributed by atoms with E-state index in [2.05, 4.69) is 4.72 Å². The maximum absolute atomic E-state index is 13.6. The van der Waals surface area contributed by atoms with Crippen molar-refractivity contribution in [3.63, 3.8) is 0 Å². The number of carboxylic acids is 1. The Bertz CT molecular complexity index is 569. The third kappa shape index (κ3) is 4.29. The summed E-state index contributed by atoms with van der Waals surface area (Å²) < 4.78 is 39.5. The van der Waals surface area contributed by atoms with Crippen LogP contribution in [0, 0.1) is 11.7 Å². The Balaban J connectivity index is 2.93. The van der Waals surface area contributed by atoms with E-state index >= 15 is 0 Å². The molecule has 0 spiro atoms. The monoisotopic (exact) mass is 289 g/mol. The predicted molar refractivity (Wildman–Crippen MR) is 68.0 cm³/mol. The van der Waals surface area contributed by atoms with Crippen LogP contribution in [0.5, 0.6) is 0 Å². The van der Waals surface area contributed by atoms with Crippen molar-refractivity contribution in [2.75, 3.05) is 6.54 Å². The van der Waals surface area contributed by atoms with Crippen molar-refractivity contribution in [2.45, 2.75) is 25.2 Å². The van der Waals surface area contributed by atoms with Crippen molar-refractivity contribution < 1.29 is 22.7 Å². The number of carboxylic acid groups (broad SMARTS) is 1. The molecule has 0 saturated heterocycles. The Morgan fingerprint density at radius 1 is 1.42 bits per heavy atom. The second-order valence-corrected chi connectivity index (χ2v) is 6.27. The lowest BCUT2D eigenvalue weighted by Crippen LogP contribution is -2.26. The first-order valence-electron chi connectivity index (χ1n) is 5.76. The quantitative estimate of drug-likeness (QED) is 0.837. The van der Waals surface area contributed by atoms with Gasteiger partial charge in [-0.25, -0.2) is 22.3 Å². The number of rotatable bonds is 6. The van der Waals surface area contributed by atoms with Crippen LogP contribution in [-0.4, -0.2) is 26.0 Å². The molecular weight excluding hydrogens is 273 g/mol. The van der Waals surface area contributed by atoms with Gasteiger partial charge in [-0.1, -0.05) is 13.8 Å². The SMILES string of the molecule is CC(C)CCNS(=O)(=O)c1ccc(C(=O)O)cc1F. The van der Waals surface area contributed by atoms with Gasteiger partial charge in [-0.2, -0.15) is 0 Å². The number of nitrogens with one attached hydrogen (secondary N) is 1. The summed E-state index contributed by atoms with van der Waals surface area (Å²) in [4.78, 5) is 10.1. The molecule has 0 aromatic heterocycles. The Labute approximate surface area is 111 Å². The normalized spacial score (nSPS) is 11.8. The molecule has 5 nitrogen and oxygen atoms in total. The smallest absolute Gasteiger partial charge is 0.335 e. The van der Waals surface area contributed by atoms with Gasteiger partial charge in [-0.15, -0.1) is 0 Å². The van der Waals surface area contributed by atoms with Gasteiger partial charge in [0.05, 0.1) is 5.56 Å². The van der Waals surface area contributed by atoms with Crippen molar-refractivity contribution >= 4 is 16.0 Å². The topological polar surface area (TPSA) is 83.5 Å². The number of halogens is 1. The van der Waals surface area contributed by atoms with E-state index in [1.807, 2.05) is 13.8 Å². The summed E-state index contributed by atoms with van der Waals surface area (Å²) >= 11 is 0. The molecule has 106 valence electrons. The molecule has 0 amide bonds. The Morgan fingerprint density at radius 2 is 2.05 bits per heavy atom. The summed E-state index contributed by atoms with van der Waals surface area (Å²) in [5.41, 5.74) is -0.293. The van der Waals surface area contributed by atoms with Gasteiger partial charge in [-0.3, -0.25) is 0 Å². The van der Waals surface area contributed by atoms with E-state index in [0.29, 0.717) is 18.4 Å². The van der Waals surface area contributed by atoms with Gasteiger partial charge in [0.1, 0.15) is 10.7 Å². The molecule has 1 aromatic rings. The summed E-state index contributed by atoms with van der Waals surface area (Å²) in [6.07, 6.45) is 0.633. The molecular formula is C12H16FNO4S. The van der Waals surface area contributed by atoms with Crippen molar-refractivity contribution in [3.05, 3.63) is 29.6 Å². The summed E-state index contributed by atoms with van der Waals surface area (Å²) in [5.74, 6) is -2.06. The van der Waals surface area contributed by atoms with Gasteiger partial charge in [0, 0.05) is 6.54 Å². The minimum atomic E-state index is -3.95. The number of carbonyl (C=O) groups is 1. The van der Waals surface area contributed by atoms with Crippen molar-refractivity contribution in [1.29, 1.82) is 0 Å². The minimum Gasteiger partial charge on any atom is -0.478 e. The van der Waals surface area contributed by atoms with Gasteiger partial charge in [0.2, 0.25) is 10.0 Å². The van der Waals surface area contributed by atoms with Crippen LogP contribution in [0.25, 0.3) is 0 Å². The van der Waals surface area contributed by atoms with Gasteiger partial charge in [0.25, 0.3) is 0 Å². The molecule has 0 aliphatic rings. The van der Waals surface area contributed by atoms with Gasteiger partial charge >= 0.3 is 5.97 Å². The maximum atomic E-state index is 13.6. The van der Waals surface area contributed by atoms with E-state index in [9.17, 15) is 17.6 Å². The van der Waals surface area contributed by atoms with Gasteiger partial charge in [0.15, 0.2) is 0 Å². The molecule has 0 radical (unpaired) electrons. The van der Waals surface area contributed by atoms with E-state index in [1.54, 1.807) is 0 Å². The van der Waals surface area contributed by atoms with Crippen LogP contribution in [0.1, 0.15) is 30.6 Å². The number of benzene rings is 1. The maximum Gasteiger partial charge on any atom is 0.335 e. The zero-order valence-electron chi connectivity index (χ0n) is 10.7. The second kappa shape index (κ2) is 6.12. The number of sulfonamides is 1. The Morgan fingerprint density at radius 3 is 2.53 bits per heavy atom. The average molecular weight is 289 g/mol. The van der Waals surface area contributed by atoms with Crippen LogP contribution in [0.4, 0.5) is 4.39 Å². The number of hydrogen-bond acceptors (Lipinski definition) is 3. The molecule has 0 bridgehead atoms. The second-order valence-electron chi connectivity index (χ2n) is 4.53. The fraction of sp³-hybridized carbons (Fsp3) is 0.417. The third-order valence-corrected chi connectivity index (χ3v) is 3.98. The van der Waals surface area contributed by atoms with Crippen LogP contribution in [0.15, 0.2) is 23.1 Å². The van der Waals surface area contributed by atoms with Crippen molar-refractivity contribution in [2.24, 2.45) is 5.92 Å². The highest BCUT2D eigenvalue weighted by molar-refractivity contribution is 7.89. The summed E-state index contributed by atoms with van der Waals surface area (Å²) in [6, 6.07) is 2.71. The zero-order valence-corrected chi connectivity index (χ0v) is 11.5. The largest absolute Gasteiger partial charge is 0.478 e. The Kier molecular flexibility index (Phi) is 5.02. The summed E-state index contributed by atoms with van der Waals surface area (Å²) in [5, 5.41) is 8.67. The lowest BCUT2D eigenvalue weighted by Gasteiger charge is -2.09. The van der Waals surface area contributed by atoms with Crippen LogP contribution >= 0.6 is 0 Å². The average Bonchev–Trinajstić information content (AvgIpc) is 2.27. The highest BCUT2D eigenvalue weighted by Crippen LogP contribution is 2.16. The molecule has 1 aromatic carbocycles. The minimum absolute atomic E-state index is 0.208. The lowest BCUT2D eigenvalue weighted by atomic mass is 10.1. The fourth-order valence-corrected chi connectivity index (χ4v) is 2.52. The molecule has 2 N–H and O–H groups in total.